The van der Waals surface area contributed by atoms with Crippen molar-refractivity contribution in [3.8, 4) is 0 Å². The van der Waals surface area contributed by atoms with Crippen molar-refractivity contribution in [2.24, 2.45) is 0 Å². The zero-order valence-electron chi connectivity index (χ0n) is 11.1. The smallest absolute Gasteiger partial charge is 0.411 e. The lowest BCUT2D eigenvalue weighted by Crippen LogP contribution is -2.51. The monoisotopic (exact) mass is 275 g/mol. The van der Waals surface area contributed by atoms with Crippen LogP contribution in [0.15, 0.2) is 43.0 Å². The Labute approximate surface area is 117 Å². The number of benzene rings is 1. The molecule has 0 radical (unpaired) electrons. The van der Waals surface area contributed by atoms with Gasteiger partial charge in [0.25, 0.3) is 0 Å². The van der Waals surface area contributed by atoms with Crippen LogP contribution in [0, 0.1) is 0 Å². The summed E-state index contributed by atoms with van der Waals surface area (Å²) in [6.45, 7) is 4.05. The average Bonchev–Trinajstić information content (AvgIpc) is 2.91. The van der Waals surface area contributed by atoms with Crippen LogP contribution in [-0.2, 0) is 16.1 Å². The summed E-state index contributed by atoms with van der Waals surface area (Å²) in [7, 11) is 0. The first-order valence-corrected chi connectivity index (χ1v) is 6.45. The normalized spacial score (nSPS) is 21.5. The minimum Gasteiger partial charge on any atom is -0.479 e. The molecule has 1 aliphatic heterocycles. The number of nitrogens with zero attached hydrogens (tertiary/aromatic N) is 1. The molecule has 5 heteroatoms. The summed E-state index contributed by atoms with van der Waals surface area (Å²) >= 11 is 0. The number of aliphatic carboxylic acids is 1. The molecule has 1 amide bonds. The zero-order valence-corrected chi connectivity index (χ0v) is 11.1. The third kappa shape index (κ3) is 2.52. The Kier molecular flexibility index (Phi) is 4.08. The van der Waals surface area contributed by atoms with E-state index >= 15 is 0 Å². The quantitative estimate of drug-likeness (QED) is 0.857. The fraction of sp³-hybridized carbons (Fsp3) is 0.333. The number of carbonyl (C=O) groups is 2. The molecule has 106 valence electrons. The second kappa shape index (κ2) is 5.77. The van der Waals surface area contributed by atoms with Crippen LogP contribution in [0.3, 0.4) is 0 Å². The topological polar surface area (TPSA) is 66.8 Å². The van der Waals surface area contributed by atoms with Crippen LogP contribution < -0.4 is 0 Å². The highest BCUT2D eigenvalue weighted by Gasteiger charge is 2.48. The molecule has 20 heavy (non-hydrogen) atoms. The van der Waals surface area contributed by atoms with Crippen LogP contribution in [0.1, 0.15) is 18.4 Å². The lowest BCUT2D eigenvalue weighted by Gasteiger charge is -2.30. The van der Waals surface area contributed by atoms with Crippen LogP contribution in [0.5, 0.6) is 0 Å². The maximum atomic E-state index is 12.1. The number of hydrogen-bond acceptors (Lipinski definition) is 3. The number of amides is 1. The lowest BCUT2D eigenvalue weighted by atomic mass is 9.97. The van der Waals surface area contributed by atoms with Crippen molar-refractivity contribution in [2.75, 3.05) is 6.54 Å². The van der Waals surface area contributed by atoms with Gasteiger partial charge in [0.1, 0.15) is 6.61 Å². The zero-order chi connectivity index (χ0) is 14.6. The fourth-order valence-corrected chi connectivity index (χ4v) is 2.41. The first-order valence-electron chi connectivity index (χ1n) is 6.45. The number of hydrogen-bond donors (Lipinski definition) is 1. The van der Waals surface area contributed by atoms with Gasteiger partial charge in [-0.05, 0) is 18.4 Å². The van der Waals surface area contributed by atoms with Crippen LogP contribution in [0.2, 0.25) is 0 Å². The molecule has 0 spiro atoms. The first-order chi connectivity index (χ1) is 9.60. The van der Waals surface area contributed by atoms with Gasteiger partial charge in [-0.15, -0.1) is 6.58 Å². The highest BCUT2D eigenvalue weighted by atomic mass is 16.6. The number of ether oxygens (including phenoxy) is 1. The summed E-state index contributed by atoms with van der Waals surface area (Å²) in [6, 6.07) is 9.26. The standard InChI is InChI=1S/C15H17NO4/c1-2-15(13(17)18)9-6-10-16(15)14(19)20-11-12-7-4-3-5-8-12/h2-5,7-8H,1,6,9-11H2,(H,17,18)/t15-/m1/s1. The predicted octanol–water partition coefficient (Wildman–Crippen LogP) is 2.43. The molecule has 1 aromatic rings. The Morgan fingerprint density at radius 1 is 1.40 bits per heavy atom. The summed E-state index contributed by atoms with van der Waals surface area (Å²) in [5, 5.41) is 9.35. The van der Waals surface area contributed by atoms with Gasteiger partial charge < -0.3 is 9.84 Å². The highest BCUT2D eigenvalue weighted by molar-refractivity contribution is 5.87. The summed E-state index contributed by atoms with van der Waals surface area (Å²) in [6.07, 6.45) is 1.69. The molecule has 1 aromatic carbocycles. The maximum Gasteiger partial charge on any atom is 0.411 e. The lowest BCUT2D eigenvalue weighted by molar-refractivity contribution is -0.146. The number of carboxylic acids is 1. The second-order valence-electron chi connectivity index (χ2n) is 4.73. The summed E-state index contributed by atoms with van der Waals surface area (Å²) < 4.78 is 5.20. The van der Waals surface area contributed by atoms with Gasteiger partial charge in [0.2, 0.25) is 0 Å². The van der Waals surface area contributed by atoms with Crippen molar-refractivity contribution in [3.63, 3.8) is 0 Å². The molecular formula is C15H17NO4. The molecule has 1 heterocycles. The van der Waals surface area contributed by atoms with E-state index in [1.165, 1.54) is 11.0 Å². The van der Waals surface area contributed by atoms with E-state index in [2.05, 4.69) is 6.58 Å². The van der Waals surface area contributed by atoms with Crippen molar-refractivity contribution in [2.45, 2.75) is 25.0 Å². The summed E-state index contributed by atoms with van der Waals surface area (Å²) in [4.78, 5) is 24.8. The molecule has 5 nitrogen and oxygen atoms in total. The average molecular weight is 275 g/mol. The minimum absolute atomic E-state index is 0.128. The molecule has 2 rings (SSSR count). The van der Waals surface area contributed by atoms with E-state index in [0.717, 1.165) is 5.56 Å². The van der Waals surface area contributed by atoms with Crippen LogP contribution in [-0.4, -0.2) is 34.2 Å². The molecule has 0 unspecified atom stereocenters. The fourth-order valence-electron chi connectivity index (χ4n) is 2.41. The molecular weight excluding hydrogens is 258 g/mol. The third-order valence-electron chi connectivity index (χ3n) is 3.55. The van der Waals surface area contributed by atoms with Gasteiger partial charge in [0, 0.05) is 6.54 Å². The molecule has 0 saturated carbocycles. The van der Waals surface area contributed by atoms with Crippen LogP contribution in [0.4, 0.5) is 4.79 Å². The largest absolute Gasteiger partial charge is 0.479 e. The van der Waals surface area contributed by atoms with Crippen molar-refractivity contribution in [3.05, 3.63) is 48.6 Å². The van der Waals surface area contributed by atoms with Crippen molar-refractivity contribution < 1.29 is 19.4 Å². The van der Waals surface area contributed by atoms with Gasteiger partial charge in [-0.2, -0.15) is 0 Å². The van der Waals surface area contributed by atoms with Crippen molar-refractivity contribution >= 4 is 12.1 Å². The van der Waals surface area contributed by atoms with Gasteiger partial charge >= 0.3 is 12.1 Å². The van der Waals surface area contributed by atoms with Gasteiger partial charge in [0.15, 0.2) is 5.54 Å². The number of carboxylic acid groups (broad SMARTS) is 1. The Morgan fingerprint density at radius 2 is 2.10 bits per heavy atom. The molecule has 1 saturated heterocycles. The highest BCUT2D eigenvalue weighted by Crippen LogP contribution is 2.31. The van der Waals surface area contributed by atoms with Crippen molar-refractivity contribution in [1.82, 2.24) is 4.90 Å². The molecule has 1 atom stereocenters. The van der Waals surface area contributed by atoms with Crippen molar-refractivity contribution in [1.29, 1.82) is 0 Å². The Morgan fingerprint density at radius 3 is 2.70 bits per heavy atom. The van der Waals surface area contributed by atoms with E-state index in [-0.39, 0.29) is 6.61 Å². The Bertz CT molecular complexity index is 514. The van der Waals surface area contributed by atoms with E-state index in [9.17, 15) is 14.7 Å². The summed E-state index contributed by atoms with van der Waals surface area (Å²) in [5.74, 6) is -1.07. The third-order valence-corrected chi connectivity index (χ3v) is 3.55. The molecule has 0 aromatic heterocycles. The molecule has 0 bridgehead atoms. The number of carbonyl (C=O) groups excluding carboxylic acids is 1. The van der Waals surface area contributed by atoms with Gasteiger partial charge in [-0.3, -0.25) is 4.90 Å². The van der Waals surface area contributed by atoms with E-state index in [0.29, 0.717) is 19.4 Å². The molecule has 0 aliphatic carbocycles. The van der Waals surface area contributed by atoms with Crippen LogP contribution in [0.25, 0.3) is 0 Å². The Hall–Kier alpha value is -2.30. The van der Waals surface area contributed by atoms with E-state index < -0.39 is 17.6 Å². The second-order valence-corrected chi connectivity index (χ2v) is 4.73. The number of rotatable bonds is 4. The first kappa shape index (κ1) is 14.1. The molecule has 1 aliphatic rings. The Balaban J connectivity index is 2.05. The summed E-state index contributed by atoms with van der Waals surface area (Å²) in [5.41, 5.74) is -0.479. The van der Waals surface area contributed by atoms with E-state index in [1.54, 1.807) is 0 Å². The van der Waals surface area contributed by atoms with Crippen LogP contribution >= 0.6 is 0 Å². The van der Waals surface area contributed by atoms with Gasteiger partial charge in [-0.1, -0.05) is 36.4 Å². The van der Waals surface area contributed by atoms with E-state index in [4.69, 9.17) is 4.74 Å². The van der Waals surface area contributed by atoms with Gasteiger partial charge in [-0.25, -0.2) is 9.59 Å². The number of likely N-dealkylation sites (tertiary alicyclic amines) is 1. The van der Waals surface area contributed by atoms with Gasteiger partial charge in [0.05, 0.1) is 0 Å². The van der Waals surface area contributed by atoms with E-state index in [1.807, 2.05) is 30.3 Å². The molecule has 1 fully saturated rings. The molecule has 1 N–H and O–H groups in total. The SMILES string of the molecule is C=C[C@]1(C(=O)O)CCCN1C(=O)OCc1ccccc1. The predicted molar refractivity (Wildman–Crippen MR) is 73.1 cm³/mol. The maximum absolute atomic E-state index is 12.1. The minimum atomic E-state index is -1.34.